The van der Waals surface area contributed by atoms with Crippen molar-refractivity contribution in [1.82, 2.24) is 25.5 Å². The van der Waals surface area contributed by atoms with Gasteiger partial charge in [-0.2, -0.15) is 5.10 Å². The van der Waals surface area contributed by atoms with Crippen LogP contribution in [0.15, 0.2) is 6.07 Å². The third-order valence-electron chi connectivity index (χ3n) is 5.48. The fourth-order valence-corrected chi connectivity index (χ4v) is 4.07. The lowest BCUT2D eigenvalue weighted by atomic mass is 9.95. The Balaban J connectivity index is 1.54. The van der Waals surface area contributed by atoms with Gasteiger partial charge in [0.15, 0.2) is 0 Å². The number of aryl methyl sites for hydroxylation is 2. The summed E-state index contributed by atoms with van der Waals surface area (Å²) in [5.74, 6) is 2.36. The van der Waals surface area contributed by atoms with Gasteiger partial charge in [0.05, 0.1) is 17.9 Å². The molecule has 2 N–H and O–H groups in total. The molecule has 6 heteroatoms. The molecule has 0 radical (unpaired) electrons. The maximum absolute atomic E-state index is 4.71. The van der Waals surface area contributed by atoms with Gasteiger partial charge >= 0.3 is 0 Å². The average molecular weight is 340 g/mol. The molecule has 0 saturated carbocycles. The highest BCUT2D eigenvalue weighted by Crippen LogP contribution is 2.26. The zero-order valence-electron chi connectivity index (χ0n) is 15.3. The SMILES string of the molecule is Cc1nc(C2CCCNC2)cc(N(C)Cc2n[nH]c3c2CCCC3)n1. The number of piperidine rings is 1. The van der Waals surface area contributed by atoms with Gasteiger partial charge in [-0.1, -0.05) is 0 Å². The molecule has 3 heterocycles. The maximum Gasteiger partial charge on any atom is 0.132 e. The molecule has 134 valence electrons. The molecule has 25 heavy (non-hydrogen) atoms. The molecule has 1 aliphatic heterocycles. The summed E-state index contributed by atoms with van der Waals surface area (Å²) < 4.78 is 0. The van der Waals surface area contributed by atoms with E-state index in [-0.39, 0.29) is 0 Å². The van der Waals surface area contributed by atoms with Crippen LogP contribution in [0.2, 0.25) is 0 Å². The molecule has 4 rings (SSSR count). The predicted molar refractivity (Wildman–Crippen MR) is 99.0 cm³/mol. The molecule has 1 saturated heterocycles. The topological polar surface area (TPSA) is 69.7 Å². The molecule has 0 bridgehead atoms. The zero-order chi connectivity index (χ0) is 17.2. The minimum absolute atomic E-state index is 0.501. The second-order valence-electron chi connectivity index (χ2n) is 7.43. The van der Waals surface area contributed by atoms with E-state index < -0.39 is 0 Å². The standard InChI is InChI=1S/C19H28N6/c1-13-21-17(14-6-5-9-20-11-14)10-19(22-13)25(2)12-18-15-7-3-4-8-16(15)23-24-18/h10,14,20H,3-9,11-12H2,1-2H3,(H,23,24). The molecule has 1 aliphatic carbocycles. The largest absolute Gasteiger partial charge is 0.354 e. The van der Waals surface area contributed by atoms with E-state index in [1.165, 1.54) is 48.3 Å². The average Bonchev–Trinajstić information content (AvgIpc) is 3.05. The Labute approximate surface area is 149 Å². The van der Waals surface area contributed by atoms with Gasteiger partial charge < -0.3 is 10.2 Å². The molecule has 2 aliphatic rings. The molecule has 1 unspecified atom stereocenters. The van der Waals surface area contributed by atoms with E-state index in [1.54, 1.807) is 0 Å². The van der Waals surface area contributed by atoms with Gasteiger partial charge in [0.2, 0.25) is 0 Å². The van der Waals surface area contributed by atoms with E-state index in [9.17, 15) is 0 Å². The number of anilines is 1. The van der Waals surface area contributed by atoms with Crippen molar-refractivity contribution in [3.63, 3.8) is 0 Å². The van der Waals surface area contributed by atoms with E-state index in [0.717, 1.165) is 44.1 Å². The fraction of sp³-hybridized carbons (Fsp3) is 0.632. The van der Waals surface area contributed by atoms with Crippen molar-refractivity contribution in [3.05, 3.63) is 34.5 Å². The van der Waals surface area contributed by atoms with Gasteiger partial charge in [0.1, 0.15) is 11.6 Å². The molecule has 2 aromatic heterocycles. The fourth-order valence-electron chi connectivity index (χ4n) is 4.07. The first kappa shape index (κ1) is 16.5. The summed E-state index contributed by atoms with van der Waals surface area (Å²) in [4.78, 5) is 11.6. The third-order valence-corrected chi connectivity index (χ3v) is 5.48. The predicted octanol–water partition coefficient (Wildman–Crippen LogP) is 2.49. The number of hydrogen-bond donors (Lipinski definition) is 2. The van der Waals surface area contributed by atoms with Crippen molar-refractivity contribution in [2.24, 2.45) is 0 Å². The lowest BCUT2D eigenvalue weighted by molar-refractivity contribution is 0.453. The Morgan fingerprint density at radius 1 is 1.20 bits per heavy atom. The number of nitrogens with one attached hydrogen (secondary N) is 2. The second-order valence-corrected chi connectivity index (χ2v) is 7.43. The number of rotatable bonds is 4. The Morgan fingerprint density at radius 2 is 2.08 bits per heavy atom. The minimum atomic E-state index is 0.501. The Kier molecular flexibility index (Phi) is 4.70. The first-order valence-corrected chi connectivity index (χ1v) is 9.53. The van der Waals surface area contributed by atoms with Crippen molar-refractivity contribution in [1.29, 1.82) is 0 Å². The molecule has 1 atom stereocenters. The molecule has 2 aromatic rings. The number of H-pyrrole nitrogens is 1. The van der Waals surface area contributed by atoms with Crippen LogP contribution >= 0.6 is 0 Å². The lowest BCUT2D eigenvalue weighted by Gasteiger charge is -2.24. The van der Waals surface area contributed by atoms with Crippen molar-refractivity contribution in [2.75, 3.05) is 25.0 Å². The summed E-state index contributed by atoms with van der Waals surface area (Å²) in [6.45, 7) is 4.93. The number of fused-ring (bicyclic) bond motifs is 1. The molecule has 1 fully saturated rings. The first-order chi connectivity index (χ1) is 12.2. The van der Waals surface area contributed by atoms with Gasteiger partial charge in [-0.3, -0.25) is 5.10 Å². The summed E-state index contributed by atoms with van der Waals surface area (Å²) in [5, 5.41) is 11.3. The highest BCUT2D eigenvalue weighted by molar-refractivity contribution is 5.41. The van der Waals surface area contributed by atoms with Gasteiger partial charge in [-0.05, 0) is 57.6 Å². The molecule has 6 nitrogen and oxygen atoms in total. The molecule has 0 spiro atoms. The van der Waals surface area contributed by atoms with Crippen LogP contribution in [0.5, 0.6) is 0 Å². The van der Waals surface area contributed by atoms with Crippen LogP contribution in [0.4, 0.5) is 5.82 Å². The summed E-state index contributed by atoms with van der Waals surface area (Å²) >= 11 is 0. The molecular weight excluding hydrogens is 312 g/mol. The lowest BCUT2D eigenvalue weighted by Crippen LogP contribution is -2.29. The first-order valence-electron chi connectivity index (χ1n) is 9.53. The van der Waals surface area contributed by atoms with Gasteiger partial charge in [0, 0.05) is 31.3 Å². The highest BCUT2D eigenvalue weighted by atomic mass is 15.2. The van der Waals surface area contributed by atoms with Gasteiger partial charge in [-0.25, -0.2) is 9.97 Å². The van der Waals surface area contributed by atoms with Crippen LogP contribution in [-0.4, -0.2) is 40.3 Å². The minimum Gasteiger partial charge on any atom is -0.354 e. The van der Waals surface area contributed by atoms with Gasteiger partial charge in [0.25, 0.3) is 0 Å². The Hall–Kier alpha value is -1.95. The van der Waals surface area contributed by atoms with Crippen LogP contribution in [0.1, 0.15) is 60.1 Å². The van der Waals surface area contributed by atoms with Crippen LogP contribution < -0.4 is 10.2 Å². The molecule has 0 aromatic carbocycles. The monoisotopic (exact) mass is 340 g/mol. The second kappa shape index (κ2) is 7.12. The van der Waals surface area contributed by atoms with E-state index in [0.29, 0.717) is 5.92 Å². The van der Waals surface area contributed by atoms with E-state index in [4.69, 9.17) is 4.98 Å². The van der Waals surface area contributed by atoms with Gasteiger partial charge in [-0.15, -0.1) is 0 Å². The number of aromatic amines is 1. The van der Waals surface area contributed by atoms with Crippen LogP contribution in [0, 0.1) is 6.92 Å². The van der Waals surface area contributed by atoms with Crippen molar-refractivity contribution >= 4 is 5.82 Å². The van der Waals surface area contributed by atoms with E-state index in [2.05, 4.69) is 38.5 Å². The Morgan fingerprint density at radius 3 is 2.92 bits per heavy atom. The Bertz CT molecular complexity index is 732. The molecule has 0 amide bonds. The van der Waals surface area contributed by atoms with E-state index >= 15 is 0 Å². The number of nitrogens with zero attached hydrogens (tertiary/aromatic N) is 4. The van der Waals surface area contributed by atoms with Crippen molar-refractivity contribution < 1.29 is 0 Å². The summed E-state index contributed by atoms with van der Waals surface area (Å²) in [6, 6.07) is 2.17. The summed E-state index contributed by atoms with van der Waals surface area (Å²) in [6.07, 6.45) is 7.26. The molecular formula is C19H28N6. The zero-order valence-corrected chi connectivity index (χ0v) is 15.3. The highest BCUT2D eigenvalue weighted by Gasteiger charge is 2.21. The normalized spacial score (nSPS) is 20.3. The summed E-state index contributed by atoms with van der Waals surface area (Å²) in [5.41, 5.74) is 5.11. The number of hydrogen-bond acceptors (Lipinski definition) is 5. The quantitative estimate of drug-likeness (QED) is 0.895. The van der Waals surface area contributed by atoms with Crippen LogP contribution in [0.25, 0.3) is 0 Å². The third kappa shape index (κ3) is 3.54. The van der Waals surface area contributed by atoms with Crippen molar-refractivity contribution in [2.45, 2.75) is 57.9 Å². The van der Waals surface area contributed by atoms with Crippen LogP contribution in [-0.2, 0) is 19.4 Å². The maximum atomic E-state index is 4.71. The number of aromatic nitrogens is 4. The van der Waals surface area contributed by atoms with Crippen molar-refractivity contribution in [3.8, 4) is 0 Å². The summed E-state index contributed by atoms with van der Waals surface area (Å²) in [7, 11) is 2.11. The smallest absolute Gasteiger partial charge is 0.132 e. The van der Waals surface area contributed by atoms with Crippen LogP contribution in [0.3, 0.4) is 0 Å². The van der Waals surface area contributed by atoms with E-state index in [1.807, 2.05) is 6.92 Å².